The monoisotopic (exact) mass is 269 g/mol. The zero-order valence-electron chi connectivity index (χ0n) is 10.9. The molecule has 2 rings (SSSR count). The van der Waals surface area contributed by atoms with E-state index in [9.17, 15) is 5.11 Å². The number of hydrogen-bond donors (Lipinski definition) is 1. The van der Waals surface area contributed by atoms with Gasteiger partial charge in [-0.15, -0.1) is 0 Å². The summed E-state index contributed by atoms with van der Waals surface area (Å²) in [6.07, 6.45) is 3.69. The van der Waals surface area contributed by atoms with Crippen molar-refractivity contribution in [2.24, 2.45) is 5.92 Å². The zero-order chi connectivity index (χ0) is 13.1. The minimum Gasteiger partial charge on any atom is -0.396 e. The van der Waals surface area contributed by atoms with Gasteiger partial charge in [0.2, 0.25) is 0 Å². The summed E-state index contributed by atoms with van der Waals surface area (Å²) in [7, 11) is 0. The van der Waals surface area contributed by atoms with Crippen molar-refractivity contribution in [1.82, 2.24) is 9.97 Å². The molecule has 100 valence electrons. The highest BCUT2D eigenvalue weighted by atomic mass is 35.5. The van der Waals surface area contributed by atoms with Crippen molar-refractivity contribution in [3.63, 3.8) is 0 Å². The molecule has 1 fully saturated rings. The molecule has 0 bridgehead atoms. The molecule has 1 unspecified atom stereocenters. The van der Waals surface area contributed by atoms with Crippen molar-refractivity contribution in [1.29, 1.82) is 0 Å². The Morgan fingerprint density at radius 2 is 2.28 bits per heavy atom. The number of rotatable bonds is 3. The Morgan fingerprint density at radius 3 is 2.94 bits per heavy atom. The molecule has 0 amide bonds. The van der Waals surface area contributed by atoms with E-state index in [1.54, 1.807) is 0 Å². The van der Waals surface area contributed by atoms with Crippen molar-refractivity contribution in [2.75, 3.05) is 24.6 Å². The fourth-order valence-electron chi connectivity index (χ4n) is 2.52. The average molecular weight is 270 g/mol. The van der Waals surface area contributed by atoms with Crippen LogP contribution in [0.15, 0.2) is 6.33 Å². The maximum absolute atomic E-state index is 9.30. The number of nitrogens with zero attached hydrogens (tertiary/aromatic N) is 3. The molecule has 5 heteroatoms. The predicted octanol–water partition coefficient (Wildman–Crippen LogP) is 2.46. The highest BCUT2D eigenvalue weighted by molar-refractivity contribution is 6.30. The van der Waals surface area contributed by atoms with Crippen LogP contribution in [0.3, 0.4) is 0 Å². The summed E-state index contributed by atoms with van der Waals surface area (Å²) >= 11 is 6.19. The van der Waals surface area contributed by atoms with E-state index < -0.39 is 0 Å². The molecule has 0 spiro atoms. The van der Waals surface area contributed by atoms with Gasteiger partial charge >= 0.3 is 0 Å². The van der Waals surface area contributed by atoms with Gasteiger partial charge in [0, 0.05) is 25.3 Å². The summed E-state index contributed by atoms with van der Waals surface area (Å²) in [6, 6.07) is 0. The maximum atomic E-state index is 9.30. The first-order valence-corrected chi connectivity index (χ1v) is 6.87. The first-order valence-electron chi connectivity index (χ1n) is 6.49. The smallest absolute Gasteiger partial charge is 0.138 e. The Labute approximate surface area is 113 Å². The highest BCUT2D eigenvalue weighted by Crippen LogP contribution is 2.32. The standard InChI is InChI=1S/C13H20ClN3O/c1-9(2)11-12(14)15-8-16-13(11)17-5-3-4-10(6-17)7-18/h8-10,18H,3-7H2,1-2H3. The van der Waals surface area contributed by atoms with Crippen molar-refractivity contribution < 1.29 is 5.11 Å². The summed E-state index contributed by atoms with van der Waals surface area (Å²) in [6.45, 7) is 6.27. The maximum Gasteiger partial charge on any atom is 0.138 e. The summed E-state index contributed by atoms with van der Waals surface area (Å²) < 4.78 is 0. The van der Waals surface area contributed by atoms with Crippen LogP contribution in [0.25, 0.3) is 0 Å². The van der Waals surface area contributed by atoms with Crippen LogP contribution < -0.4 is 4.90 Å². The molecule has 1 aromatic heterocycles. The summed E-state index contributed by atoms with van der Waals surface area (Å²) in [5.41, 5.74) is 1.01. The number of hydrogen-bond acceptors (Lipinski definition) is 4. The van der Waals surface area contributed by atoms with Gasteiger partial charge < -0.3 is 10.0 Å². The molecule has 0 radical (unpaired) electrons. The molecule has 0 saturated carbocycles. The first kappa shape index (κ1) is 13.6. The van der Waals surface area contributed by atoms with E-state index >= 15 is 0 Å². The second-order valence-corrected chi connectivity index (χ2v) is 5.55. The van der Waals surface area contributed by atoms with Crippen molar-refractivity contribution in [3.8, 4) is 0 Å². The van der Waals surface area contributed by atoms with E-state index in [4.69, 9.17) is 11.6 Å². The highest BCUT2D eigenvalue weighted by Gasteiger charge is 2.24. The first-order chi connectivity index (χ1) is 8.63. The van der Waals surface area contributed by atoms with E-state index in [2.05, 4.69) is 28.7 Å². The van der Waals surface area contributed by atoms with Gasteiger partial charge in [-0.05, 0) is 24.7 Å². The molecule has 1 N–H and O–H groups in total. The molecular weight excluding hydrogens is 250 g/mol. The van der Waals surface area contributed by atoms with Crippen molar-refractivity contribution in [3.05, 3.63) is 17.0 Å². The van der Waals surface area contributed by atoms with Gasteiger partial charge in [0.15, 0.2) is 0 Å². The summed E-state index contributed by atoms with van der Waals surface area (Å²) in [5.74, 6) is 1.57. The molecule has 1 saturated heterocycles. The number of anilines is 1. The second kappa shape index (κ2) is 5.85. The number of aliphatic hydroxyl groups is 1. The summed E-state index contributed by atoms with van der Waals surface area (Å²) in [5, 5.41) is 9.85. The van der Waals surface area contributed by atoms with Gasteiger partial charge in [-0.25, -0.2) is 9.97 Å². The minimum absolute atomic E-state index is 0.242. The third kappa shape index (κ3) is 2.75. The number of piperidine rings is 1. The van der Waals surface area contributed by atoms with Crippen LogP contribution in [0, 0.1) is 5.92 Å². The number of aliphatic hydroxyl groups excluding tert-OH is 1. The molecule has 1 aromatic rings. The number of halogens is 1. The quantitative estimate of drug-likeness (QED) is 0.857. The fraction of sp³-hybridized carbons (Fsp3) is 0.692. The second-order valence-electron chi connectivity index (χ2n) is 5.19. The lowest BCUT2D eigenvalue weighted by atomic mass is 9.97. The lowest BCUT2D eigenvalue weighted by Crippen LogP contribution is -2.38. The molecule has 1 aliphatic rings. The Bertz CT molecular complexity index is 411. The van der Waals surface area contributed by atoms with Crippen LogP contribution in [-0.2, 0) is 0 Å². The zero-order valence-corrected chi connectivity index (χ0v) is 11.7. The molecule has 2 heterocycles. The largest absolute Gasteiger partial charge is 0.396 e. The van der Waals surface area contributed by atoms with Crippen molar-refractivity contribution >= 4 is 17.4 Å². The van der Waals surface area contributed by atoms with Gasteiger partial charge in [0.1, 0.15) is 17.3 Å². The Kier molecular flexibility index (Phi) is 4.40. The van der Waals surface area contributed by atoms with Crippen LogP contribution in [0.4, 0.5) is 5.82 Å². The Hall–Kier alpha value is -0.870. The third-order valence-corrected chi connectivity index (χ3v) is 3.77. The Morgan fingerprint density at radius 1 is 1.50 bits per heavy atom. The van der Waals surface area contributed by atoms with Gasteiger partial charge in [-0.3, -0.25) is 0 Å². The normalized spacial score (nSPS) is 20.5. The van der Waals surface area contributed by atoms with Crippen LogP contribution >= 0.6 is 11.6 Å². The topological polar surface area (TPSA) is 49.2 Å². The van der Waals surface area contributed by atoms with Crippen LogP contribution in [0.1, 0.15) is 38.2 Å². The van der Waals surface area contributed by atoms with Crippen LogP contribution in [0.5, 0.6) is 0 Å². The third-order valence-electron chi connectivity index (χ3n) is 3.47. The SMILES string of the molecule is CC(C)c1c(Cl)ncnc1N1CCCC(CO)C1. The number of aromatic nitrogens is 2. The summed E-state index contributed by atoms with van der Waals surface area (Å²) in [4.78, 5) is 10.7. The van der Waals surface area contributed by atoms with Crippen LogP contribution in [-0.4, -0.2) is 34.8 Å². The lowest BCUT2D eigenvalue weighted by molar-refractivity contribution is 0.208. The van der Waals surface area contributed by atoms with Gasteiger partial charge in [-0.2, -0.15) is 0 Å². The fourth-order valence-corrected chi connectivity index (χ4v) is 2.87. The van der Waals surface area contributed by atoms with E-state index in [-0.39, 0.29) is 6.61 Å². The minimum atomic E-state index is 0.242. The molecule has 1 atom stereocenters. The predicted molar refractivity (Wildman–Crippen MR) is 73.2 cm³/mol. The molecule has 1 aliphatic heterocycles. The van der Waals surface area contributed by atoms with E-state index in [1.807, 2.05) is 0 Å². The molecule has 18 heavy (non-hydrogen) atoms. The van der Waals surface area contributed by atoms with Gasteiger partial charge in [0.25, 0.3) is 0 Å². The molecular formula is C13H20ClN3O. The lowest BCUT2D eigenvalue weighted by Gasteiger charge is -2.34. The van der Waals surface area contributed by atoms with E-state index in [1.165, 1.54) is 6.33 Å². The molecule has 0 aromatic carbocycles. The van der Waals surface area contributed by atoms with Crippen molar-refractivity contribution in [2.45, 2.75) is 32.6 Å². The van der Waals surface area contributed by atoms with E-state index in [0.717, 1.165) is 37.3 Å². The van der Waals surface area contributed by atoms with E-state index in [0.29, 0.717) is 17.0 Å². The average Bonchev–Trinajstić information content (AvgIpc) is 2.38. The van der Waals surface area contributed by atoms with Gasteiger partial charge in [-0.1, -0.05) is 25.4 Å². The van der Waals surface area contributed by atoms with Gasteiger partial charge in [0.05, 0.1) is 0 Å². The molecule has 4 nitrogen and oxygen atoms in total. The molecule has 0 aliphatic carbocycles. The Balaban J connectivity index is 2.29. The van der Waals surface area contributed by atoms with Crippen LogP contribution in [0.2, 0.25) is 5.15 Å².